The smallest absolute Gasteiger partial charge is 0.203 e. The van der Waals surface area contributed by atoms with Crippen LogP contribution in [0.25, 0.3) is 10.4 Å². The number of hydrogen-bond donors (Lipinski definition) is 0. The molecule has 0 fully saturated rings. The predicted octanol–water partition coefficient (Wildman–Crippen LogP) is 5.98. The zero-order valence-electron chi connectivity index (χ0n) is 13.4. The highest BCUT2D eigenvalue weighted by molar-refractivity contribution is 7.98. The first-order valence-electron chi connectivity index (χ1n) is 7.44. The lowest BCUT2D eigenvalue weighted by atomic mass is 10.1. The van der Waals surface area contributed by atoms with Crippen molar-refractivity contribution in [1.29, 1.82) is 0 Å². The summed E-state index contributed by atoms with van der Waals surface area (Å²) in [4.78, 5) is 15.9. The molecule has 1 aromatic heterocycles. The Morgan fingerprint density at radius 3 is 2.04 bits per heavy atom. The van der Waals surface area contributed by atoms with Gasteiger partial charge in [-0.05, 0) is 31.7 Å². The number of hydrogen-bond acceptors (Lipinski definition) is 3. The summed E-state index contributed by atoms with van der Waals surface area (Å²) in [6.07, 6.45) is 2.06. The van der Waals surface area contributed by atoms with E-state index in [-0.39, 0.29) is 5.78 Å². The standard InChI is InChI=1S/C20H18OS2/c1-13-4-8-15(9-5-13)19(21)17-12-18(22-3)20(23-17)16-10-6-14(2)7-11-16/h4-12H,1-3H3. The fourth-order valence-electron chi connectivity index (χ4n) is 2.39. The average molecular weight is 338 g/mol. The Labute approximate surface area is 145 Å². The van der Waals surface area contributed by atoms with E-state index in [9.17, 15) is 4.79 Å². The highest BCUT2D eigenvalue weighted by Gasteiger charge is 2.17. The van der Waals surface area contributed by atoms with Crippen LogP contribution in [-0.4, -0.2) is 12.0 Å². The molecular formula is C20H18OS2. The van der Waals surface area contributed by atoms with Gasteiger partial charge in [0.05, 0.1) is 4.88 Å². The molecule has 1 nitrogen and oxygen atoms in total. The summed E-state index contributed by atoms with van der Waals surface area (Å²) in [5.74, 6) is 0.101. The van der Waals surface area contributed by atoms with E-state index in [1.807, 2.05) is 37.3 Å². The summed E-state index contributed by atoms with van der Waals surface area (Å²) in [7, 11) is 0. The third kappa shape index (κ3) is 3.41. The number of ketones is 1. The summed E-state index contributed by atoms with van der Waals surface area (Å²) in [6.45, 7) is 4.11. The Hall–Kier alpha value is -1.84. The van der Waals surface area contributed by atoms with Crippen LogP contribution >= 0.6 is 23.1 Å². The minimum atomic E-state index is 0.101. The first-order chi connectivity index (χ1) is 11.1. The molecule has 116 valence electrons. The maximum absolute atomic E-state index is 12.7. The number of rotatable bonds is 4. The van der Waals surface area contributed by atoms with Gasteiger partial charge < -0.3 is 0 Å². The van der Waals surface area contributed by atoms with Gasteiger partial charge in [-0.1, -0.05) is 59.7 Å². The zero-order valence-corrected chi connectivity index (χ0v) is 15.1. The fourth-order valence-corrected chi connectivity index (χ4v) is 4.40. The molecule has 3 rings (SSSR count). The van der Waals surface area contributed by atoms with Crippen molar-refractivity contribution in [2.24, 2.45) is 0 Å². The lowest BCUT2D eigenvalue weighted by molar-refractivity contribution is 0.104. The Kier molecular flexibility index (Phi) is 4.69. The van der Waals surface area contributed by atoms with E-state index < -0.39 is 0 Å². The van der Waals surface area contributed by atoms with Crippen molar-refractivity contribution in [3.05, 3.63) is 76.2 Å². The van der Waals surface area contributed by atoms with Crippen molar-refractivity contribution in [1.82, 2.24) is 0 Å². The summed E-state index contributed by atoms with van der Waals surface area (Å²) < 4.78 is 0. The van der Waals surface area contributed by atoms with Gasteiger partial charge in [-0.25, -0.2) is 0 Å². The topological polar surface area (TPSA) is 17.1 Å². The Bertz CT molecular complexity index is 827. The maximum atomic E-state index is 12.7. The molecule has 0 unspecified atom stereocenters. The molecule has 0 bridgehead atoms. The van der Waals surface area contributed by atoms with Gasteiger partial charge in [0.2, 0.25) is 5.78 Å². The molecule has 0 amide bonds. The zero-order chi connectivity index (χ0) is 16.4. The number of carbonyl (C=O) groups is 1. The van der Waals surface area contributed by atoms with Crippen LogP contribution in [0, 0.1) is 13.8 Å². The van der Waals surface area contributed by atoms with Gasteiger partial charge in [0, 0.05) is 15.3 Å². The van der Waals surface area contributed by atoms with Crippen LogP contribution in [0.15, 0.2) is 59.5 Å². The molecule has 2 aromatic carbocycles. The summed E-state index contributed by atoms with van der Waals surface area (Å²) >= 11 is 3.27. The van der Waals surface area contributed by atoms with Gasteiger partial charge in [-0.15, -0.1) is 23.1 Å². The fraction of sp³-hybridized carbons (Fsp3) is 0.150. The molecule has 0 aliphatic carbocycles. The second-order valence-electron chi connectivity index (χ2n) is 5.57. The van der Waals surface area contributed by atoms with E-state index >= 15 is 0 Å². The van der Waals surface area contributed by atoms with Crippen LogP contribution in [0.3, 0.4) is 0 Å². The third-order valence-electron chi connectivity index (χ3n) is 3.77. The molecule has 0 aliphatic rings. The van der Waals surface area contributed by atoms with E-state index in [4.69, 9.17) is 0 Å². The quantitative estimate of drug-likeness (QED) is 0.429. The van der Waals surface area contributed by atoms with Crippen LogP contribution in [0.4, 0.5) is 0 Å². The van der Waals surface area contributed by atoms with Crippen molar-refractivity contribution in [2.75, 3.05) is 6.26 Å². The molecule has 0 spiro atoms. The van der Waals surface area contributed by atoms with Crippen molar-refractivity contribution < 1.29 is 4.79 Å². The molecule has 0 saturated carbocycles. The maximum Gasteiger partial charge on any atom is 0.203 e. The van der Waals surface area contributed by atoms with Gasteiger partial charge in [0.15, 0.2) is 0 Å². The molecule has 1 heterocycles. The number of aryl methyl sites for hydroxylation is 2. The van der Waals surface area contributed by atoms with Gasteiger partial charge in [-0.2, -0.15) is 0 Å². The molecule has 0 saturated heterocycles. The number of carbonyl (C=O) groups excluding carboxylic acids is 1. The Balaban J connectivity index is 2.00. The minimum Gasteiger partial charge on any atom is -0.288 e. The van der Waals surface area contributed by atoms with Crippen molar-refractivity contribution >= 4 is 28.9 Å². The molecule has 0 N–H and O–H groups in total. The first-order valence-corrected chi connectivity index (χ1v) is 9.49. The SMILES string of the molecule is CSc1cc(C(=O)c2ccc(C)cc2)sc1-c1ccc(C)cc1. The van der Waals surface area contributed by atoms with Crippen LogP contribution in [0.5, 0.6) is 0 Å². The molecule has 0 atom stereocenters. The normalized spacial score (nSPS) is 10.7. The highest BCUT2D eigenvalue weighted by atomic mass is 32.2. The number of thiophene rings is 1. The molecule has 23 heavy (non-hydrogen) atoms. The lowest BCUT2D eigenvalue weighted by Crippen LogP contribution is -1.97. The van der Waals surface area contributed by atoms with Crippen LogP contribution in [-0.2, 0) is 0 Å². The third-order valence-corrected chi connectivity index (χ3v) is 5.84. The van der Waals surface area contributed by atoms with Crippen LogP contribution in [0.2, 0.25) is 0 Å². The molecule has 3 heteroatoms. The van der Waals surface area contributed by atoms with E-state index in [1.165, 1.54) is 16.0 Å². The Morgan fingerprint density at radius 2 is 1.48 bits per heavy atom. The van der Waals surface area contributed by atoms with Crippen molar-refractivity contribution in [3.8, 4) is 10.4 Å². The molecule has 3 aromatic rings. The van der Waals surface area contributed by atoms with E-state index in [1.54, 1.807) is 23.1 Å². The van der Waals surface area contributed by atoms with E-state index in [2.05, 4.69) is 37.4 Å². The molecule has 0 aliphatic heterocycles. The average Bonchev–Trinajstić information content (AvgIpc) is 3.00. The van der Waals surface area contributed by atoms with Gasteiger partial charge in [-0.3, -0.25) is 4.79 Å². The predicted molar refractivity (Wildman–Crippen MR) is 101 cm³/mol. The summed E-state index contributed by atoms with van der Waals surface area (Å²) in [6, 6.07) is 18.3. The monoisotopic (exact) mass is 338 g/mol. The second-order valence-corrected chi connectivity index (χ2v) is 7.47. The lowest BCUT2D eigenvalue weighted by Gasteiger charge is -2.01. The second kappa shape index (κ2) is 6.73. The van der Waals surface area contributed by atoms with E-state index in [0.717, 1.165) is 20.9 Å². The number of thioether (sulfide) groups is 1. The summed E-state index contributed by atoms with van der Waals surface area (Å²) in [5.41, 5.74) is 4.33. The van der Waals surface area contributed by atoms with Crippen molar-refractivity contribution in [3.63, 3.8) is 0 Å². The van der Waals surface area contributed by atoms with Crippen molar-refractivity contribution in [2.45, 2.75) is 18.7 Å². The first kappa shape index (κ1) is 16.0. The van der Waals surface area contributed by atoms with E-state index in [0.29, 0.717) is 0 Å². The van der Waals surface area contributed by atoms with Gasteiger partial charge in [0.25, 0.3) is 0 Å². The minimum absolute atomic E-state index is 0.101. The summed E-state index contributed by atoms with van der Waals surface area (Å²) in [5, 5.41) is 0. The number of benzene rings is 2. The van der Waals surface area contributed by atoms with Gasteiger partial charge in [0.1, 0.15) is 0 Å². The largest absolute Gasteiger partial charge is 0.288 e. The Morgan fingerprint density at radius 1 is 0.913 bits per heavy atom. The van der Waals surface area contributed by atoms with Crippen LogP contribution < -0.4 is 0 Å². The highest BCUT2D eigenvalue weighted by Crippen LogP contribution is 2.38. The molecule has 0 radical (unpaired) electrons. The van der Waals surface area contributed by atoms with Crippen LogP contribution in [0.1, 0.15) is 26.4 Å². The van der Waals surface area contributed by atoms with Gasteiger partial charge >= 0.3 is 0 Å². The molecular weight excluding hydrogens is 320 g/mol.